The first-order valence-electron chi connectivity index (χ1n) is 4.62. The molecule has 1 saturated heterocycles. The Labute approximate surface area is 107 Å². The van der Waals surface area contributed by atoms with E-state index >= 15 is 0 Å². The zero-order valence-corrected chi connectivity index (χ0v) is 10.1. The Hall–Kier alpha value is -1.66. The third kappa shape index (κ3) is 2.72. The predicted octanol–water partition coefficient (Wildman–Crippen LogP) is 0.539. The maximum absolute atomic E-state index is 11.4. The number of rotatable bonds is 2. The molecule has 1 aromatic rings. The Morgan fingerprint density at radius 2 is 2.24 bits per heavy atom. The quantitative estimate of drug-likeness (QED) is 0.623. The lowest BCUT2D eigenvalue weighted by molar-refractivity contribution is -0.255. The van der Waals surface area contributed by atoms with E-state index in [0.717, 1.165) is 11.8 Å². The predicted molar refractivity (Wildman–Crippen MR) is 67.1 cm³/mol. The first kappa shape index (κ1) is 11.8. The molecular weight excluding hydrogens is 258 g/mol. The SMILES string of the molecule is O=C1NC(=S)S/C1=C\c1cccc(C(=O)[O-])c1. The molecule has 0 bridgehead atoms. The summed E-state index contributed by atoms with van der Waals surface area (Å²) >= 11 is 5.99. The number of thiocarbonyl (C=S) groups is 1. The lowest BCUT2D eigenvalue weighted by Gasteiger charge is -2.02. The molecule has 6 heteroatoms. The van der Waals surface area contributed by atoms with Gasteiger partial charge in [-0.15, -0.1) is 0 Å². The molecule has 1 aliphatic rings. The number of carboxylic acids is 1. The van der Waals surface area contributed by atoms with Crippen molar-refractivity contribution in [2.24, 2.45) is 0 Å². The molecule has 1 aromatic carbocycles. The topological polar surface area (TPSA) is 69.2 Å². The molecule has 0 radical (unpaired) electrons. The van der Waals surface area contributed by atoms with Gasteiger partial charge >= 0.3 is 0 Å². The minimum Gasteiger partial charge on any atom is -0.545 e. The Bertz CT molecular complexity index is 551. The van der Waals surface area contributed by atoms with Gasteiger partial charge in [-0.2, -0.15) is 0 Å². The molecule has 1 aliphatic heterocycles. The van der Waals surface area contributed by atoms with Crippen LogP contribution in [0, 0.1) is 0 Å². The van der Waals surface area contributed by atoms with Gasteiger partial charge in [0.1, 0.15) is 4.32 Å². The zero-order valence-electron chi connectivity index (χ0n) is 8.43. The van der Waals surface area contributed by atoms with E-state index in [1.807, 2.05) is 0 Å². The maximum Gasteiger partial charge on any atom is 0.263 e. The average molecular weight is 264 g/mol. The van der Waals surface area contributed by atoms with Gasteiger partial charge in [-0.1, -0.05) is 42.2 Å². The van der Waals surface area contributed by atoms with Crippen molar-refractivity contribution >= 4 is 46.3 Å². The number of amides is 1. The molecule has 0 aromatic heterocycles. The minimum absolute atomic E-state index is 0.0744. The number of carboxylic acid groups (broad SMARTS) is 1. The van der Waals surface area contributed by atoms with Crippen molar-refractivity contribution in [1.29, 1.82) is 0 Å². The van der Waals surface area contributed by atoms with E-state index in [2.05, 4.69) is 5.32 Å². The van der Waals surface area contributed by atoms with Gasteiger partial charge in [0, 0.05) is 0 Å². The second-order valence-corrected chi connectivity index (χ2v) is 4.98. The molecule has 17 heavy (non-hydrogen) atoms. The van der Waals surface area contributed by atoms with Crippen LogP contribution in [0.15, 0.2) is 29.2 Å². The summed E-state index contributed by atoms with van der Waals surface area (Å²) in [5.74, 6) is -1.51. The van der Waals surface area contributed by atoms with Crippen LogP contribution in [0.25, 0.3) is 6.08 Å². The molecule has 0 unspecified atom stereocenters. The molecule has 0 spiro atoms. The zero-order chi connectivity index (χ0) is 12.4. The van der Waals surface area contributed by atoms with Crippen LogP contribution in [0.4, 0.5) is 0 Å². The molecule has 4 nitrogen and oxygen atoms in total. The molecule has 0 aliphatic carbocycles. The standard InChI is InChI=1S/C11H7NO3S2/c13-9-8(17-11(16)12-9)5-6-2-1-3-7(4-6)10(14)15/h1-5H,(H,14,15)(H,12,13,16)/p-1/b8-5-. The van der Waals surface area contributed by atoms with Gasteiger partial charge in [0.2, 0.25) is 0 Å². The van der Waals surface area contributed by atoms with E-state index in [0.29, 0.717) is 14.8 Å². The average Bonchev–Trinajstić information content (AvgIpc) is 2.58. The van der Waals surface area contributed by atoms with Gasteiger partial charge in [-0.25, -0.2) is 0 Å². The summed E-state index contributed by atoms with van der Waals surface area (Å²) in [6.07, 6.45) is 1.59. The summed E-state index contributed by atoms with van der Waals surface area (Å²) in [7, 11) is 0. The molecular formula is C11H6NO3S2-. The Morgan fingerprint density at radius 1 is 1.47 bits per heavy atom. The van der Waals surface area contributed by atoms with Crippen LogP contribution in [0.3, 0.4) is 0 Å². The molecule has 1 fully saturated rings. The van der Waals surface area contributed by atoms with Crippen molar-refractivity contribution in [1.82, 2.24) is 5.32 Å². The third-order valence-electron chi connectivity index (χ3n) is 2.06. The van der Waals surface area contributed by atoms with Gasteiger partial charge in [-0.3, -0.25) is 4.79 Å². The first-order valence-corrected chi connectivity index (χ1v) is 5.85. The van der Waals surface area contributed by atoms with Crippen molar-refractivity contribution in [2.45, 2.75) is 0 Å². The van der Waals surface area contributed by atoms with Crippen molar-refractivity contribution in [2.75, 3.05) is 0 Å². The minimum atomic E-state index is -1.25. The lowest BCUT2D eigenvalue weighted by Crippen LogP contribution is -2.22. The van der Waals surface area contributed by atoms with Crippen LogP contribution in [-0.2, 0) is 4.79 Å². The highest BCUT2D eigenvalue weighted by atomic mass is 32.2. The summed E-state index contributed by atoms with van der Waals surface area (Å²) < 4.78 is 0.400. The van der Waals surface area contributed by atoms with Gasteiger partial charge < -0.3 is 15.2 Å². The van der Waals surface area contributed by atoms with E-state index in [1.165, 1.54) is 12.1 Å². The summed E-state index contributed by atoms with van der Waals surface area (Å²) in [6, 6.07) is 6.17. The Balaban J connectivity index is 2.33. The number of hydrogen-bond donors (Lipinski definition) is 1. The van der Waals surface area contributed by atoms with Gasteiger partial charge in [0.05, 0.1) is 10.9 Å². The molecule has 2 rings (SSSR count). The van der Waals surface area contributed by atoms with Crippen LogP contribution in [0.5, 0.6) is 0 Å². The highest BCUT2D eigenvalue weighted by molar-refractivity contribution is 8.26. The molecule has 1 N–H and O–H groups in total. The molecule has 0 atom stereocenters. The Morgan fingerprint density at radius 3 is 2.82 bits per heavy atom. The van der Waals surface area contributed by atoms with Gasteiger partial charge in [0.25, 0.3) is 5.91 Å². The number of hydrogen-bond acceptors (Lipinski definition) is 5. The summed E-state index contributed by atoms with van der Waals surface area (Å²) in [6.45, 7) is 0. The molecule has 86 valence electrons. The van der Waals surface area contributed by atoms with Crippen LogP contribution in [0.1, 0.15) is 15.9 Å². The van der Waals surface area contributed by atoms with Gasteiger partial charge in [0.15, 0.2) is 0 Å². The number of benzene rings is 1. The Kier molecular flexibility index (Phi) is 3.26. The third-order valence-corrected chi connectivity index (χ3v) is 3.22. The maximum atomic E-state index is 11.4. The van der Waals surface area contributed by atoms with E-state index in [4.69, 9.17) is 12.2 Å². The summed E-state index contributed by atoms with van der Waals surface area (Å²) in [5.41, 5.74) is 0.694. The number of nitrogens with one attached hydrogen (secondary N) is 1. The van der Waals surface area contributed by atoms with Crippen LogP contribution < -0.4 is 10.4 Å². The van der Waals surface area contributed by atoms with Gasteiger partial charge in [-0.05, 0) is 23.3 Å². The van der Waals surface area contributed by atoms with E-state index < -0.39 is 5.97 Å². The number of thioether (sulfide) groups is 1. The second-order valence-electron chi connectivity index (χ2n) is 3.27. The van der Waals surface area contributed by atoms with E-state index in [1.54, 1.807) is 18.2 Å². The molecule has 1 heterocycles. The fraction of sp³-hybridized carbons (Fsp3) is 0. The summed E-state index contributed by atoms with van der Waals surface area (Å²) in [5, 5.41) is 13.2. The molecule has 1 amide bonds. The van der Waals surface area contributed by atoms with E-state index in [9.17, 15) is 14.7 Å². The fourth-order valence-corrected chi connectivity index (χ4v) is 2.37. The fourth-order valence-electron chi connectivity index (χ4n) is 1.33. The van der Waals surface area contributed by atoms with Crippen LogP contribution in [0.2, 0.25) is 0 Å². The molecule has 0 saturated carbocycles. The monoisotopic (exact) mass is 264 g/mol. The summed E-state index contributed by atoms with van der Waals surface area (Å²) in [4.78, 5) is 22.5. The van der Waals surface area contributed by atoms with Crippen LogP contribution >= 0.6 is 24.0 Å². The normalized spacial score (nSPS) is 17.3. The smallest absolute Gasteiger partial charge is 0.263 e. The number of aromatic carboxylic acids is 1. The second kappa shape index (κ2) is 4.68. The lowest BCUT2D eigenvalue weighted by atomic mass is 10.1. The highest BCUT2D eigenvalue weighted by Crippen LogP contribution is 2.25. The van der Waals surface area contributed by atoms with Crippen LogP contribution in [-0.4, -0.2) is 16.2 Å². The largest absolute Gasteiger partial charge is 0.545 e. The van der Waals surface area contributed by atoms with Crippen molar-refractivity contribution < 1.29 is 14.7 Å². The van der Waals surface area contributed by atoms with Crippen molar-refractivity contribution in [3.05, 3.63) is 40.3 Å². The number of carbonyl (C=O) groups is 2. The first-order chi connectivity index (χ1) is 8.06. The van der Waals surface area contributed by atoms with E-state index in [-0.39, 0.29) is 11.5 Å². The van der Waals surface area contributed by atoms with Crippen molar-refractivity contribution in [3.63, 3.8) is 0 Å². The van der Waals surface area contributed by atoms with Crippen molar-refractivity contribution in [3.8, 4) is 0 Å². The number of carbonyl (C=O) groups excluding carboxylic acids is 2. The highest BCUT2D eigenvalue weighted by Gasteiger charge is 2.21.